The highest BCUT2D eigenvalue weighted by molar-refractivity contribution is 5.92. The maximum atomic E-state index is 13.0. The number of amides is 1. The fourth-order valence-corrected chi connectivity index (χ4v) is 3.59. The fourth-order valence-electron chi connectivity index (χ4n) is 3.59. The molecule has 0 radical (unpaired) electrons. The van der Waals surface area contributed by atoms with Crippen LogP contribution in [0.3, 0.4) is 0 Å². The molecule has 0 unspecified atom stereocenters. The Hall–Kier alpha value is -3.39. The zero-order chi connectivity index (χ0) is 21.8. The van der Waals surface area contributed by atoms with E-state index in [9.17, 15) is 9.18 Å². The Balaban J connectivity index is 1.39. The second kappa shape index (κ2) is 9.18. The van der Waals surface area contributed by atoms with Gasteiger partial charge in [-0.15, -0.1) is 0 Å². The van der Waals surface area contributed by atoms with E-state index in [1.165, 1.54) is 12.1 Å². The van der Waals surface area contributed by atoms with Crippen molar-refractivity contribution in [2.24, 2.45) is 0 Å². The Labute approximate surface area is 181 Å². The Kier molecular flexibility index (Phi) is 6.18. The number of hydrogen-bond acceptors (Lipinski definition) is 6. The smallest absolute Gasteiger partial charge is 0.238 e. The fraction of sp³-hybridized carbons (Fsp3) is 0.304. The molecule has 4 rings (SSSR count). The molecule has 1 aromatic carbocycles. The number of nitrogens with zero attached hydrogens (tertiary/aromatic N) is 5. The van der Waals surface area contributed by atoms with Gasteiger partial charge in [0, 0.05) is 49.3 Å². The normalized spacial score (nSPS) is 14.5. The van der Waals surface area contributed by atoms with Crippen molar-refractivity contribution < 1.29 is 9.18 Å². The number of aryl methyl sites for hydroxylation is 1. The number of halogens is 1. The van der Waals surface area contributed by atoms with Gasteiger partial charge in [0.15, 0.2) is 5.82 Å². The average molecular weight is 420 g/mol. The van der Waals surface area contributed by atoms with E-state index in [1.807, 2.05) is 32.0 Å². The lowest BCUT2D eigenvalue weighted by Crippen LogP contribution is -2.49. The molecule has 3 aromatic rings. The highest BCUT2D eigenvalue weighted by Gasteiger charge is 2.23. The molecule has 8 heteroatoms. The van der Waals surface area contributed by atoms with E-state index in [0.29, 0.717) is 18.1 Å². The minimum absolute atomic E-state index is 0.105. The number of nitrogens with one attached hydrogen (secondary N) is 1. The average Bonchev–Trinajstić information content (AvgIpc) is 2.78. The lowest BCUT2D eigenvalue weighted by Gasteiger charge is -2.35. The molecule has 1 N–H and O–H groups in total. The number of aromatic nitrogens is 3. The second-order valence-corrected chi connectivity index (χ2v) is 7.61. The van der Waals surface area contributed by atoms with Gasteiger partial charge in [0.05, 0.1) is 6.54 Å². The minimum Gasteiger partial charge on any atom is -0.354 e. The Morgan fingerprint density at radius 1 is 1.03 bits per heavy atom. The van der Waals surface area contributed by atoms with E-state index < -0.39 is 0 Å². The van der Waals surface area contributed by atoms with Crippen LogP contribution in [0.1, 0.15) is 11.3 Å². The molecule has 7 nitrogen and oxygen atoms in total. The van der Waals surface area contributed by atoms with E-state index in [2.05, 4.69) is 25.1 Å². The van der Waals surface area contributed by atoms with Crippen molar-refractivity contribution >= 4 is 17.4 Å². The topological polar surface area (TPSA) is 74.2 Å². The maximum absolute atomic E-state index is 13.0. The molecule has 1 fully saturated rings. The SMILES string of the molecule is Cc1nc(-c2ccccn2)nc(N2CCN(CC(=O)Nc3ccc(F)cc3)CC2)c1C. The minimum atomic E-state index is -0.324. The third-order valence-corrected chi connectivity index (χ3v) is 5.42. The molecular weight excluding hydrogens is 395 g/mol. The molecule has 1 saturated heterocycles. The molecule has 31 heavy (non-hydrogen) atoms. The number of anilines is 2. The van der Waals surface area contributed by atoms with Gasteiger partial charge in [0.1, 0.15) is 17.3 Å². The van der Waals surface area contributed by atoms with Gasteiger partial charge in [0.25, 0.3) is 0 Å². The molecule has 1 aliphatic heterocycles. The van der Waals surface area contributed by atoms with Gasteiger partial charge in [-0.1, -0.05) is 6.07 Å². The van der Waals surface area contributed by atoms with Crippen LogP contribution in [0.4, 0.5) is 15.9 Å². The molecule has 0 bridgehead atoms. The molecule has 0 aliphatic carbocycles. The van der Waals surface area contributed by atoms with Gasteiger partial charge in [-0.05, 0) is 50.2 Å². The Morgan fingerprint density at radius 2 is 1.77 bits per heavy atom. The number of rotatable bonds is 5. The summed E-state index contributed by atoms with van der Waals surface area (Å²) in [5, 5.41) is 2.81. The van der Waals surface area contributed by atoms with Crippen LogP contribution in [0.2, 0.25) is 0 Å². The van der Waals surface area contributed by atoms with Crippen LogP contribution in [0.25, 0.3) is 11.5 Å². The Bertz CT molecular complexity index is 1050. The molecule has 0 saturated carbocycles. The van der Waals surface area contributed by atoms with Crippen molar-refractivity contribution in [1.29, 1.82) is 0 Å². The van der Waals surface area contributed by atoms with Crippen molar-refractivity contribution in [3.8, 4) is 11.5 Å². The summed E-state index contributed by atoms with van der Waals surface area (Å²) in [6, 6.07) is 11.5. The summed E-state index contributed by atoms with van der Waals surface area (Å²) in [6.45, 7) is 7.35. The van der Waals surface area contributed by atoms with Crippen LogP contribution in [-0.2, 0) is 4.79 Å². The van der Waals surface area contributed by atoms with Crippen LogP contribution in [-0.4, -0.2) is 58.5 Å². The van der Waals surface area contributed by atoms with Crippen LogP contribution in [0.15, 0.2) is 48.7 Å². The first kappa shape index (κ1) is 20.9. The zero-order valence-electron chi connectivity index (χ0n) is 17.7. The van der Waals surface area contributed by atoms with Crippen molar-refractivity contribution in [3.63, 3.8) is 0 Å². The van der Waals surface area contributed by atoms with Crippen LogP contribution in [0, 0.1) is 19.7 Å². The summed E-state index contributed by atoms with van der Waals surface area (Å²) in [4.78, 5) is 30.5. The maximum Gasteiger partial charge on any atom is 0.238 e. The van der Waals surface area contributed by atoms with Crippen molar-refractivity contribution in [2.45, 2.75) is 13.8 Å². The monoisotopic (exact) mass is 420 g/mol. The molecule has 0 atom stereocenters. The molecule has 3 heterocycles. The highest BCUT2D eigenvalue weighted by Crippen LogP contribution is 2.24. The van der Waals surface area contributed by atoms with E-state index in [1.54, 1.807) is 18.3 Å². The standard InChI is InChI=1S/C23H25FN6O/c1-16-17(2)26-22(20-5-3-4-10-25-20)28-23(16)30-13-11-29(12-14-30)15-21(31)27-19-8-6-18(24)7-9-19/h3-10H,11-15H2,1-2H3,(H,27,31). The summed E-state index contributed by atoms with van der Waals surface area (Å²) >= 11 is 0. The summed E-state index contributed by atoms with van der Waals surface area (Å²) in [5.74, 6) is 1.12. The van der Waals surface area contributed by atoms with Crippen molar-refractivity contribution in [1.82, 2.24) is 19.9 Å². The summed E-state index contributed by atoms with van der Waals surface area (Å²) in [6.07, 6.45) is 1.74. The van der Waals surface area contributed by atoms with Crippen LogP contribution < -0.4 is 10.2 Å². The van der Waals surface area contributed by atoms with Crippen molar-refractivity contribution in [3.05, 3.63) is 65.7 Å². The number of carbonyl (C=O) groups excluding carboxylic acids is 1. The third-order valence-electron chi connectivity index (χ3n) is 5.42. The lowest BCUT2D eigenvalue weighted by molar-refractivity contribution is -0.117. The van der Waals surface area contributed by atoms with Gasteiger partial charge >= 0.3 is 0 Å². The van der Waals surface area contributed by atoms with Gasteiger partial charge in [-0.25, -0.2) is 14.4 Å². The molecule has 1 aliphatic rings. The second-order valence-electron chi connectivity index (χ2n) is 7.61. The predicted molar refractivity (Wildman–Crippen MR) is 118 cm³/mol. The van der Waals surface area contributed by atoms with E-state index in [0.717, 1.165) is 48.9 Å². The molecular formula is C23H25FN6O. The number of pyridine rings is 1. The lowest BCUT2D eigenvalue weighted by atomic mass is 10.2. The van der Waals surface area contributed by atoms with E-state index in [4.69, 9.17) is 4.98 Å². The zero-order valence-corrected chi connectivity index (χ0v) is 17.7. The number of carbonyl (C=O) groups is 1. The van der Waals surface area contributed by atoms with Gasteiger partial charge in [0.2, 0.25) is 5.91 Å². The first-order valence-corrected chi connectivity index (χ1v) is 10.3. The molecule has 160 valence electrons. The number of benzene rings is 1. The predicted octanol–water partition coefficient (Wildman–Crippen LogP) is 3.06. The van der Waals surface area contributed by atoms with E-state index >= 15 is 0 Å². The number of hydrogen-bond donors (Lipinski definition) is 1. The number of piperazine rings is 1. The highest BCUT2D eigenvalue weighted by atomic mass is 19.1. The summed E-state index contributed by atoms with van der Waals surface area (Å²) in [5.41, 5.74) is 3.34. The van der Waals surface area contributed by atoms with Gasteiger partial charge in [-0.3, -0.25) is 14.7 Å². The third kappa shape index (κ3) is 5.03. The summed E-state index contributed by atoms with van der Waals surface area (Å²) in [7, 11) is 0. The van der Waals surface area contributed by atoms with Gasteiger partial charge in [-0.2, -0.15) is 0 Å². The first-order chi connectivity index (χ1) is 15.0. The first-order valence-electron chi connectivity index (χ1n) is 10.3. The molecule has 0 spiro atoms. The summed E-state index contributed by atoms with van der Waals surface area (Å²) < 4.78 is 13.0. The van der Waals surface area contributed by atoms with Crippen molar-refractivity contribution in [2.75, 3.05) is 42.9 Å². The Morgan fingerprint density at radius 3 is 2.45 bits per heavy atom. The van der Waals surface area contributed by atoms with Crippen LogP contribution >= 0.6 is 0 Å². The van der Waals surface area contributed by atoms with Gasteiger partial charge < -0.3 is 10.2 Å². The molecule has 2 aromatic heterocycles. The quantitative estimate of drug-likeness (QED) is 0.684. The molecule has 1 amide bonds. The largest absolute Gasteiger partial charge is 0.354 e. The van der Waals surface area contributed by atoms with E-state index in [-0.39, 0.29) is 11.7 Å². The van der Waals surface area contributed by atoms with Crippen LogP contribution in [0.5, 0.6) is 0 Å².